The zero-order valence-corrected chi connectivity index (χ0v) is 5.45. The maximum atomic E-state index is 10.1. The van der Waals surface area contributed by atoms with E-state index < -0.39 is 4.84 Å². The summed E-state index contributed by atoms with van der Waals surface area (Å²) in [6.45, 7) is 0. The number of rotatable bonds is 1. The van der Waals surface area contributed by atoms with Gasteiger partial charge in [-0.05, 0) is 0 Å². The summed E-state index contributed by atoms with van der Waals surface area (Å²) in [6.07, 6.45) is 0.100. The number of ether oxygens (including phenoxy) is 1. The minimum atomic E-state index is -0.562. The van der Waals surface area contributed by atoms with Crippen LogP contribution in [0.15, 0.2) is 0 Å². The van der Waals surface area contributed by atoms with Crippen LogP contribution in [0, 0.1) is 0 Å². The fourth-order valence-electron chi connectivity index (χ4n) is 0.464. The van der Waals surface area contributed by atoms with Crippen LogP contribution in [0.25, 0.3) is 0 Å². The van der Waals surface area contributed by atoms with E-state index in [2.05, 4.69) is 4.74 Å². The van der Waals surface area contributed by atoms with Crippen LogP contribution in [0.1, 0.15) is 6.42 Å². The summed E-state index contributed by atoms with van der Waals surface area (Å²) in [5.41, 5.74) is 0. The molecule has 1 saturated heterocycles. The van der Waals surface area contributed by atoms with Crippen molar-refractivity contribution >= 4 is 29.2 Å². The lowest BCUT2D eigenvalue weighted by Gasteiger charge is -2.25. The van der Waals surface area contributed by atoms with Gasteiger partial charge in [0.05, 0.1) is 6.42 Å². The average molecular weight is 155 g/mol. The third-order valence-corrected chi connectivity index (χ3v) is 1.49. The fraction of sp³-hybridized carbons (Fsp3) is 0.750. The van der Waals surface area contributed by atoms with Crippen molar-refractivity contribution in [3.8, 4) is 0 Å². The summed E-state index contributed by atoms with van der Waals surface area (Å²) < 4.78 is 4.50. The summed E-state index contributed by atoms with van der Waals surface area (Å²) in [5.74, 6) is -0.221. The van der Waals surface area contributed by atoms with Crippen LogP contribution >= 0.6 is 23.2 Å². The molecule has 1 fully saturated rings. The van der Waals surface area contributed by atoms with Gasteiger partial charge in [0.1, 0.15) is 10.9 Å². The Balaban J connectivity index is 2.25. The van der Waals surface area contributed by atoms with Gasteiger partial charge in [0, 0.05) is 0 Å². The van der Waals surface area contributed by atoms with Crippen LogP contribution in [-0.4, -0.2) is 16.9 Å². The van der Waals surface area contributed by atoms with Crippen LogP contribution in [0.5, 0.6) is 0 Å². The topological polar surface area (TPSA) is 26.3 Å². The van der Waals surface area contributed by atoms with Gasteiger partial charge in [-0.1, -0.05) is 0 Å². The molecule has 46 valence electrons. The van der Waals surface area contributed by atoms with Crippen molar-refractivity contribution in [3.63, 3.8) is 0 Å². The van der Waals surface area contributed by atoms with Crippen LogP contribution in [-0.2, 0) is 9.53 Å². The number of esters is 1. The van der Waals surface area contributed by atoms with E-state index in [-0.39, 0.29) is 12.1 Å². The van der Waals surface area contributed by atoms with E-state index in [1.807, 2.05) is 0 Å². The van der Waals surface area contributed by atoms with Gasteiger partial charge in [-0.3, -0.25) is 4.79 Å². The number of hydrogen-bond acceptors (Lipinski definition) is 2. The normalized spacial score (nSPS) is 27.4. The van der Waals surface area contributed by atoms with Gasteiger partial charge in [0.2, 0.25) is 0 Å². The molecular weight excluding hydrogens is 151 g/mol. The Morgan fingerprint density at radius 1 is 1.75 bits per heavy atom. The van der Waals surface area contributed by atoms with E-state index >= 15 is 0 Å². The molecule has 0 aromatic rings. The number of alkyl halides is 2. The number of halogens is 2. The molecule has 0 saturated carbocycles. The molecule has 0 bridgehead atoms. The monoisotopic (exact) mass is 154 g/mol. The molecular formula is C4H4Cl2O2. The lowest BCUT2D eigenvalue weighted by atomic mass is 10.2. The van der Waals surface area contributed by atoms with Crippen LogP contribution in [0.4, 0.5) is 0 Å². The van der Waals surface area contributed by atoms with Gasteiger partial charge < -0.3 is 4.74 Å². The molecule has 0 radical (unpaired) electrons. The van der Waals surface area contributed by atoms with E-state index in [1.54, 1.807) is 0 Å². The van der Waals surface area contributed by atoms with Crippen molar-refractivity contribution in [2.75, 3.05) is 0 Å². The Bertz CT molecular complexity index is 105. The second-order valence-corrected chi connectivity index (χ2v) is 2.73. The quantitative estimate of drug-likeness (QED) is 0.418. The minimum Gasteiger partial charge on any atom is -0.459 e. The van der Waals surface area contributed by atoms with Crippen LogP contribution in [0.2, 0.25) is 0 Å². The number of hydrogen-bond donors (Lipinski definition) is 0. The Hall–Kier alpha value is 0.0500. The van der Waals surface area contributed by atoms with Gasteiger partial charge in [-0.15, -0.1) is 23.2 Å². The zero-order valence-electron chi connectivity index (χ0n) is 3.93. The van der Waals surface area contributed by atoms with Gasteiger partial charge >= 0.3 is 5.97 Å². The van der Waals surface area contributed by atoms with Crippen molar-refractivity contribution < 1.29 is 9.53 Å². The molecule has 1 heterocycles. The van der Waals surface area contributed by atoms with E-state index in [1.165, 1.54) is 0 Å². The molecule has 1 rings (SSSR count). The van der Waals surface area contributed by atoms with Gasteiger partial charge in [-0.25, -0.2) is 0 Å². The second kappa shape index (κ2) is 2.11. The van der Waals surface area contributed by atoms with E-state index in [9.17, 15) is 4.79 Å². The predicted molar refractivity (Wildman–Crippen MR) is 30.0 cm³/mol. The SMILES string of the molecule is O=C1C[C@H](C(Cl)Cl)O1. The molecule has 0 aromatic carbocycles. The zero-order chi connectivity index (χ0) is 6.15. The molecule has 0 aromatic heterocycles. The lowest BCUT2D eigenvalue weighted by molar-refractivity contribution is -0.167. The highest BCUT2D eigenvalue weighted by atomic mass is 35.5. The molecule has 4 heteroatoms. The second-order valence-electron chi connectivity index (χ2n) is 1.57. The maximum absolute atomic E-state index is 10.1. The van der Waals surface area contributed by atoms with Crippen molar-refractivity contribution in [2.45, 2.75) is 17.4 Å². The Kier molecular flexibility index (Phi) is 1.63. The number of carbonyl (C=O) groups is 1. The number of cyclic esters (lactones) is 1. The molecule has 0 N–H and O–H groups in total. The first-order valence-electron chi connectivity index (χ1n) is 2.18. The first-order valence-corrected chi connectivity index (χ1v) is 3.05. The highest BCUT2D eigenvalue weighted by molar-refractivity contribution is 6.45. The third kappa shape index (κ3) is 1.06. The fourth-order valence-corrected chi connectivity index (χ4v) is 0.745. The van der Waals surface area contributed by atoms with Crippen LogP contribution < -0.4 is 0 Å². The van der Waals surface area contributed by atoms with Crippen molar-refractivity contribution in [1.82, 2.24) is 0 Å². The van der Waals surface area contributed by atoms with Gasteiger partial charge in [0.15, 0.2) is 0 Å². The highest BCUT2D eigenvalue weighted by Gasteiger charge is 2.33. The smallest absolute Gasteiger partial charge is 0.310 e. The predicted octanol–water partition coefficient (Wildman–Crippen LogP) is 1.11. The molecule has 8 heavy (non-hydrogen) atoms. The van der Waals surface area contributed by atoms with E-state index in [4.69, 9.17) is 23.2 Å². The number of carbonyl (C=O) groups excluding carboxylic acids is 1. The van der Waals surface area contributed by atoms with E-state index in [0.717, 1.165) is 0 Å². The summed E-state index contributed by atoms with van der Waals surface area (Å²) in [5, 5.41) is 0. The molecule has 0 spiro atoms. The summed E-state index contributed by atoms with van der Waals surface area (Å²) in [4.78, 5) is 9.51. The maximum Gasteiger partial charge on any atom is 0.310 e. The summed E-state index contributed by atoms with van der Waals surface area (Å²) in [6, 6.07) is 0. The molecule has 1 aliphatic heterocycles. The molecule has 1 aliphatic rings. The molecule has 0 unspecified atom stereocenters. The minimum absolute atomic E-state index is 0.221. The standard InChI is InChI=1S/C4H4Cl2O2/c5-4(6)2-1-3(7)8-2/h2,4H,1H2/t2-/m1/s1. The summed E-state index contributed by atoms with van der Waals surface area (Å²) >= 11 is 10.7. The molecule has 2 nitrogen and oxygen atoms in total. The van der Waals surface area contributed by atoms with Crippen LogP contribution in [0.3, 0.4) is 0 Å². The largest absolute Gasteiger partial charge is 0.459 e. The average Bonchev–Trinajstić information content (AvgIpc) is 1.57. The summed E-state index contributed by atoms with van der Waals surface area (Å²) in [7, 11) is 0. The molecule has 0 aliphatic carbocycles. The van der Waals surface area contributed by atoms with Crippen molar-refractivity contribution in [3.05, 3.63) is 0 Å². The Morgan fingerprint density at radius 3 is 2.38 bits per heavy atom. The van der Waals surface area contributed by atoms with E-state index in [0.29, 0.717) is 6.42 Å². The lowest BCUT2D eigenvalue weighted by Crippen LogP contribution is -2.37. The third-order valence-electron chi connectivity index (χ3n) is 0.932. The highest BCUT2D eigenvalue weighted by Crippen LogP contribution is 2.23. The van der Waals surface area contributed by atoms with Crippen molar-refractivity contribution in [2.24, 2.45) is 0 Å². The Morgan fingerprint density at radius 2 is 2.25 bits per heavy atom. The first kappa shape index (κ1) is 6.17. The molecule has 1 atom stereocenters. The van der Waals surface area contributed by atoms with Gasteiger partial charge in [-0.2, -0.15) is 0 Å². The Labute approximate surface area is 56.7 Å². The van der Waals surface area contributed by atoms with Crippen molar-refractivity contribution in [1.29, 1.82) is 0 Å². The molecule has 0 amide bonds. The van der Waals surface area contributed by atoms with Gasteiger partial charge in [0.25, 0.3) is 0 Å². The first-order chi connectivity index (χ1) is 3.70.